The lowest BCUT2D eigenvalue weighted by Gasteiger charge is -2.35. The van der Waals surface area contributed by atoms with Gasteiger partial charge in [0.15, 0.2) is 0 Å². The number of rotatable bonds is 7. The lowest BCUT2D eigenvalue weighted by Crippen LogP contribution is -2.49. The minimum atomic E-state index is 0.186. The van der Waals surface area contributed by atoms with E-state index in [0.29, 0.717) is 6.04 Å². The van der Waals surface area contributed by atoms with E-state index in [1.165, 1.54) is 5.56 Å². The molecule has 1 aromatic rings. The molecule has 0 saturated heterocycles. The summed E-state index contributed by atoms with van der Waals surface area (Å²) in [6, 6.07) is 11.3. The Kier molecular flexibility index (Phi) is 5.79. The van der Waals surface area contributed by atoms with E-state index in [0.717, 1.165) is 13.0 Å². The average molecular weight is 276 g/mol. The van der Waals surface area contributed by atoms with Crippen molar-refractivity contribution in [3.8, 4) is 0 Å². The molecule has 2 nitrogen and oxygen atoms in total. The smallest absolute Gasteiger partial charge is 0.0271 e. The molecule has 1 aromatic carbocycles. The van der Waals surface area contributed by atoms with Crippen molar-refractivity contribution < 1.29 is 0 Å². The van der Waals surface area contributed by atoms with Crippen molar-refractivity contribution in [1.29, 1.82) is 0 Å². The monoisotopic (exact) mass is 276 g/mol. The Morgan fingerprint density at radius 3 is 2.10 bits per heavy atom. The van der Waals surface area contributed by atoms with E-state index in [4.69, 9.17) is 0 Å². The largest absolute Gasteiger partial charge is 0.312 e. The highest BCUT2D eigenvalue weighted by molar-refractivity contribution is 5.23. The van der Waals surface area contributed by atoms with Crippen molar-refractivity contribution in [2.45, 2.75) is 58.0 Å². The topological polar surface area (TPSA) is 15.3 Å². The molecule has 0 aliphatic rings. The van der Waals surface area contributed by atoms with Gasteiger partial charge in [0.05, 0.1) is 0 Å². The Morgan fingerprint density at radius 2 is 1.60 bits per heavy atom. The molecule has 1 unspecified atom stereocenters. The van der Waals surface area contributed by atoms with Crippen molar-refractivity contribution in [2.75, 3.05) is 20.6 Å². The van der Waals surface area contributed by atoms with Crippen LogP contribution in [-0.2, 0) is 5.41 Å². The van der Waals surface area contributed by atoms with Crippen molar-refractivity contribution in [3.63, 3.8) is 0 Å². The van der Waals surface area contributed by atoms with E-state index in [1.54, 1.807) is 0 Å². The number of likely N-dealkylation sites (N-methyl/N-ethyl adjacent to an activating group) is 1. The quantitative estimate of drug-likeness (QED) is 0.817. The molecule has 0 saturated carbocycles. The second-order valence-electron chi connectivity index (χ2n) is 7.44. The zero-order chi connectivity index (χ0) is 15.4. The highest BCUT2D eigenvalue weighted by Gasteiger charge is 2.25. The van der Waals surface area contributed by atoms with Crippen molar-refractivity contribution in [1.82, 2.24) is 10.2 Å². The summed E-state index contributed by atoms with van der Waals surface area (Å²) in [6.07, 6.45) is 1.14. The maximum Gasteiger partial charge on any atom is 0.0271 e. The van der Waals surface area contributed by atoms with Gasteiger partial charge in [-0.1, -0.05) is 44.2 Å². The van der Waals surface area contributed by atoms with Crippen LogP contribution < -0.4 is 5.32 Å². The summed E-state index contributed by atoms with van der Waals surface area (Å²) >= 11 is 0. The molecule has 1 rings (SSSR count). The molecule has 0 radical (unpaired) electrons. The summed E-state index contributed by atoms with van der Waals surface area (Å²) in [6.45, 7) is 12.5. The first-order chi connectivity index (χ1) is 9.15. The van der Waals surface area contributed by atoms with Gasteiger partial charge in [0.2, 0.25) is 0 Å². The molecule has 114 valence electrons. The van der Waals surface area contributed by atoms with Crippen LogP contribution in [0.15, 0.2) is 30.3 Å². The third-order valence-corrected chi connectivity index (χ3v) is 4.47. The third kappa shape index (κ3) is 4.92. The SMILES string of the molecule is CC(CC(C)(C)c1ccccc1)NCC(C)(C)N(C)C. The van der Waals surface area contributed by atoms with Gasteiger partial charge in [-0.05, 0) is 52.3 Å². The van der Waals surface area contributed by atoms with Crippen molar-refractivity contribution in [2.24, 2.45) is 0 Å². The summed E-state index contributed by atoms with van der Waals surface area (Å²) in [4.78, 5) is 2.27. The van der Waals surface area contributed by atoms with Crippen LogP contribution in [0.25, 0.3) is 0 Å². The number of hydrogen-bond acceptors (Lipinski definition) is 2. The standard InChI is InChI=1S/C18H32N2/c1-15(19-14-18(4,5)20(6)7)13-17(2,3)16-11-9-8-10-12-16/h8-12,15,19H,13-14H2,1-7H3. The summed E-state index contributed by atoms with van der Waals surface area (Å²) < 4.78 is 0. The predicted octanol–water partition coefficient (Wildman–Crippen LogP) is 3.67. The van der Waals surface area contributed by atoms with Gasteiger partial charge in [0.25, 0.3) is 0 Å². The summed E-state index contributed by atoms with van der Waals surface area (Å²) in [5.41, 5.74) is 1.81. The first-order valence-electron chi connectivity index (χ1n) is 7.61. The van der Waals surface area contributed by atoms with E-state index in [-0.39, 0.29) is 11.0 Å². The molecular weight excluding hydrogens is 244 g/mol. The number of nitrogens with zero attached hydrogens (tertiary/aromatic N) is 1. The Bertz CT molecular complexity index is 393. The normalized spacial score (nSPS) is 14.6. The van der Waals surface area contributed by atoms with Gasteiger partial charge in [-0.25, -0.2) is 0 Å². The molecule has 0 bridgehead atoms. The van der Waals surface area contributed by atoms with Gasteiger partial charge < -0.3 is 10.2 Å². The number of hydrogen-bond donors (Lipinski definition) is 1. The molecule has 0 spiro atoms. The fourth-order valence-electron chi connectivity index (χ4n) is 2.43. The van der Waals surface area contributed by atoms with Crippen molar-refractivity contribution in [3.05, 3.63) is 35.9 Å². The van der Waals surface area contributed by atoms with Crippen LogP contribution in [0.4, 0.5) is 0 Å². The molecule has 0 amide bonds. The number of benzene rings is 1. The summed E-state index contributed by atoms with van der Waals surface area (Å²) in [7, 11) is 4.28. The molecule has 0 fully saturated rings. The predicted molar refractivity (Wildman–Crippen MR) is 89.3 cm³/mol. The fourth-order valence-corrected chi connectivity index (χ4v) is 2.43. The fraction of sp³-hybridized carbons (Fsp3) is 0.667. The Hall–Kier alpha value is -0.860. The van der Waals surface area contributed by atoms with Gasteiger partial charge >= 0.3 is 0 Å². The van der Waals surface area contributed by atoms with Crippen LogP contribution >= 0.6 is 0 Å². The maximum absolute atomic E-state index is 3.69. The molecular formula is C18H32N2. The molecule has 1 N–H and O–H groups in total. The first-order valence-corrected chi connectivity index (χ1v) is 7.61. The summed E-state index contributed by atoms with van der Waals surface area (Å²) in [5, 5.41) is 3.69. The van der Waals surface area contributed by atoms with Crippen LogP contribution in [0.3, 0.4) is 0 Å². The second kappa shape index (κ2) is 6.73. The van der Waals surface area contributed by atoms with E-state index < -0.39 is 0 Å². The minimum absolute atomic E-state index is 0.186. The Labute approximate surface area is 125 Å². The van der Waals surface area contributed by atoms with Gasteiger partial charge in [-0.2, -0.15) is 0 Å². The van der Waals surface area contributed by atoms with Gasteiger partial charge in [-0.15, -0.1) is 0 Å². The van der Waals surface area contributed by atoms with Crippen molar-refractivity contribution >= 4 is 0 Å². The zero-order valence-electron chi connectivity index (χ0n) is 14.3. The maximum atomic E-state index is 3.69. The zero-order valence-corrected chi connectivity index (χ0v) is 14.3. The highest BCUT2D eigenvalue weighted by atomic mass is 15.2. The van der Waals surface area contributed by atoms with Gasteiger partial charge in [0, 0.05) is 18.1 Å². The second-order valence-corrected chi connectivity index (χ2v) is 7.44. The highest BCUT2D eigenvalue weighted by Crippen LogP contribution is 2.28. The van der Waals surface area contributed by atoms with Crippen LogP contribution in [0.2, 0.25) is 0 Å². The van der Waals surface area contributed by atoms with Gasteiger partial charge in [0.1, 0.15) is 0 Å². The molecule has 0 aliphatic carbocycles. The molecule has 1 atom stereocenters. The Balaban J connectivity index is 2.56. The minimum Gasteiger partial charge on any atom is -0.312 e. The van der Waals surface area contributed by atoms with Crippen LogP contribution in [0, 0.1) is 0 Å². The van der Waals surface area contributed by atoms with Crippen LogP contribution in [0.5, 0.6) is 0 Å². The van der Waals surface area contributed by atoms with E-state index >= 15 is 0 Å². The molecule has 2 heteroatoms. The number of nitrogens with one attached hydrogen (secondary N) is 1. The lowest BCUT2D eigenvalue weighted by molar-refractivity contribution is 0.182. The molecule has 20 heavy (non-hydrogen) atoms. The van der Waals surface area contributed by atoms with E-state index in [9.17, 15) is 0 Å². The molecule has 0 aromatic heterocycles. The Morgan fingerprint density at radius 1 is 1.05 bits per heavy atom. The molecule has 0 aliphatic heterocycles. The van der Waals surface area contributed by atoms with Gasteiger partial charge in [-0.3, -0.25) is 0 Å². The molecule has 0 heterocycles. The lowest BCUT2D eigenvalue weighted by atomic mass is 9.79. The van der Waals surface area contributed by atoms with E-state index in [2.05, 4.69) is 89.3 Å². The van der Waals surface area contributed by atoms with E-state index in [1.807, 2.05) is 0 Å². The first kappa shape index (κ1) is 17.2. The summed E-state index contributed by atoms with van der Waals surface area (Å²) in [5.74, 6) is 0. The average Bonchev–Trinajstić information content (AvgIpc) is 2.37. The van der Waals surface area contributed by atoms with Crippen LogP contribution in [-0.4, -0.2) is 37.1 Å². The van der Waals surface area contributed by atoms with Crippen LogP contribution in [0.1, 0.15) is 46.6 Å². The third-order valence-electron chi connectivity index (χ3n) is 4.47.